The van der Waals surface area contributed by atoms with Crippen LogP contribution in [0.4, 0.5) is 0 Å². The number of hydrogen-bond donors (Lipinski definition) is 2. The van der Waals surface area contributed by atoms with Gasteiger partial charge in [-0.3, -0.25) is 0 Å². The number of nitrogens with two attached hydrogens (primary N) is 1. The molecule has 0 atom stereocenters. The molecule has 82 valence electrons. The fourth-order valence-corrected chi connectivity index (χ4v) is 3.20. The van der Waals surface area contributed by atoms with Crippen molar-refractivity contribution < 1.29 is 8.42 Å². The summed E-state index contributed by atoms with van der Waals surface area (Å²) in [6.07, 6.45) is 2.76. The van der Waals surface area contributed by atoms with E-state index in [0.29, 0.717) is 13.1 Å². The molecule has 2 rings (SSSR count). The first-order chi connectivity index (χ1) is 6.45. The normalized spacial score (nSPS) is 27.3. The van der Waals surface area contributed by atoms with Gasteiger partial charge < -0.3 is 5.73 Å². The van der Waals surface area contributed by atoms with Crippen LogP contribution in [-0.4, -0.2) is 37.4 Å². The Kier molecular flexibility index (Phi) is 2.34. The van der Waals surface area contributed by atoms with E-state index in [-0.39, 0.29) is 11.6 Å². The maximum atomic E-state index is 11.6. The lowest BCUT2D eigenvalue weighted by Crippen LogP contribution is -2.69. The van der Waals surface area contributed by atoms with Gasteiger partial charge >= 0.3 is 0 Å². The Balaban J connectivity index is 1.91. The first-order valence-corrected chi connectivity index (χ1v) is 6.45. The molecule has 0 bridgehead atoms. The van der Waals surface area contributed by atoms with Crippen molar-refractivity contribution in [1.82, 2.24) is 9.03 Å². The highest BCUT2D eigenvalue weighted by atomic mass is 32.2. The molecule has 6 heteroatoms. The third kappa shape index (κ3) is 1.93. The fourth-order valence-electron chi connectivity index (χ4n) is 1.54. The van der Waals surface area contributed by atoms with Gasteiger partial charge in [0, 0.05) is 24.7 Å². The van der Waals surface area contributed by atoms with E-state index in [1.807, 2.05) is 6.92 Å². The van der Waals surface area contributed by atoms with Gasteiger partial charge in [-0.05, 0) is 19.3 Å². The highest BCUT2D eigenvalue weighted by Crippen LogP contribution is 2.26. The lowest BCUT2D eigenvalue weighted by atomic mass is 9.91. The molecule has 0 radical (unpaired) electrons. The van der Waals surface area contributed by atoms with Crippen LogP contribution in [0.5, 0.6) is 0 Å². The van der Waals surface area contributed by atoms with E-state index >= 15 is 0 Å². The van der Waals surface area contributed by atoms with Crippen LogP contribution >= 0.6 is 0 Å². The Bertz CT molecular complexity index is 317. The van der Waals surface area contributed by atoms with Crippen molar-refractivity contribution in [1.29, 1.82) is 0 Å². The van der Waals surface area contributed by atoms with Gasteiger partial charge in [-0.1, -0.05) is 6.92 Å². The van der Waals surface area contributed by atoms with E-state index in [1.165, 1.54) is 4.31 Å². The van der Waals surface area contributed by atoms with Crippen LogP contribution in [0.25, 0.3) is 0 Å². The van der Waals surface area contributed by atoms with E-state index in [9.17, 15) is 8.42 Å². The van der Waals surface area contributed by atoms with Crippen LogP contribution in [0.1, 0.15) is 26.2 Å². The van der Waals surface area contributed by atoms with Gasteiger partial charge in [0.05, 0.1) is 0 Å². The van der Waals surface area contributed by atoms with Crippen molar-refractivity contribution in [3.8, 4) is 0 Å². The molecule has 1 heterocycles. The van der Waals surface area contributed by atoms with E-state index in [1.54, 1.807) is 0 Å². The van der Waals surface area contributed by atoms with Crippen molar-refractivity contribution in [2.75, 3.05) is 13.1 Å². The zero-order valence-corrected chi connectivity index (χ0v) is 9.18. The Hall–Kier alpha value is -0.170. The minimum absolute atomic E-state index is 0.175. The fraction of sp³-hybridized carbons (Fsp3) is 1.00. The van der Waals surface area contributed by atoms with Gasteiger partial charge in [0.1, 0.15) is 0 Å². The molecule has 5 nitrogen and oxygen atoms in total. The molecule has 0 spiro atoms. The molecule has 1 aliphatic carbocycles. The van der Waals surface area contributed by atoms with Crippen LogP contribution in [0.3, 0.4) is 0 Å². The molecule has 1 saturated heterocycles. The zero-order valence-electron chi connectivity index (χ0n) is 8.36. The van der Waals surface area contributed by atoms with Crippen LogP contribution in [0.15, 0.2) is 0 Å². The standard InChI is InChI=1S/C8H17N3O2S/c1-2-8(9)5-11(6-8)14(12,13)10-7-3-4-7/h7,10H,2-6,9H2,1H3. The number of nitrogens with zero attached hydrogens (tertiary/aromatic N) is 1. The molecule has 0 aromatic heterocycles. The topological polar surface area (TPSA) is 75.4 Å². The SMILES string of the molecule is CCC1(N)CN(S(=O)(=O)NC2CC2)C1. The van der Waals surface area contributed by atoms with Gasteiger partial charge in [0.25, 0.3) is 10.2 Å². The lowest BCUT2D eigenvalue weighted by Gasteiger charge is -2.45. The van der Waals surface area contributed by atoms with Crippen LogP contribution in [-0.2, 0) is 10.2 Å². The first-order valence-electron chi connectivity index (χ1n) is 5.01. The molecule has 0 aromatic rings. The summed E-state index contributed by atoms with van der Waals surface area (Å²) in [4.78, 5) is 0. The highest BCUT2D eigenvalue weighted by molar-refractivity contribution is 7.87. The Morgan fingerprint density at radius 2 is 2.07 bits per heavy atom. The lowest BCUT2D eigenvalue weighted by molar-refractivity contribution is 0.151. The van der Waals surface area contributed by atoms with E-state index in [2.05, 4.69) is 4.72 Å². The minimum Gasteiger partial charge on any atom is -0.323 e. The molecule has 14 heavy (non-hydrogen) atoms. The zero-order chi connectivity index (χ0) is 10.4. The largest absolute Gasteiger partial charge is 0.323 e. The highest BCUT2D eigenvalue weighted by Gasteiger charge is 2.45. The average molecular weight is 219 g/mol. The van der Waals surface area contributed by atoms with E-state index < -0.39 is 10.2 Å². The molecule has 2 fully saturated rings. The summed E-state index contributed by atoms with van der Waals surface area (Å²) in [5, 5.41) is 0. The third-order valence-electron chi connectivity index (χ3n) is 2.92. The predicted octanol–water partition coefficient (Wildman–Crippen LogP) is -0.594. The minimum atomic E-state index is -3.24. The molecule has 1 aliphatic heterocycles. The van der Waals surface area contributed by atoms with Crippen LogP contribution < -0.4 is 10.5 Å². The van der Waals surface area contributed by atoms with Gasteiger partial charge in [0.2, 0.25) is 0 Å². The van der Waals surface area contributed by atoms with Gasteiger partial charge in [-0.25, -0.2) is 0 Å². The Morgan fingerprint density at radius 1 is 1.50 bits per heavy atom. The first kappa shape index (κ1) is 10.4. The maximum absolute atomic E-state index is 11.6. The second-order valence-electron chi connectivity index (χ2n) is 4.38. The van der Waals surface area contributed by atoms with Crippen molar-refractivity contribution in [2.45, 2.75) is 37.8 Å². The van der Waals surface area contributed by atoms with Crippen molar-refractivity contribution in [3.63, 3.8) is 0 Å². The Labute approximate surface area is 84.8 Å². The van der Waals surface area contributed by atoms with Gasteiger partial charge in [-0.2, -0.15) is 17.4 Å². The molecule has 0 aromatic carbocycles. The average Bonchev–Trinajstić information content (AvgIpc) is 2.81. The number of nitrogens with one attached hydrogen (secondary N) is 1. The van der Waals surface area contributed by atoms with Gasteiger partial charge in [-0.15, -0.1) is 0 Å². The third-order valence-corrected chi connectivity index (χ3v) is 4.49. The summed E-state index contributed by atoms with van der Waals surface area (Å²) < 4.78 is 27.3. The Morgan fingerprint density at radius 3 is 2.50 bits per heavy atom. The summed E-state index contributed by atoms with van der Waals surface area (Å²) in [5.74, 6) is 0. The number of hydrogen-bond acceptors (Lipinski definition) is 3. The van der Waals surface area contributed by atoms with Gasteiger partial charge in [0.15, 0.2) is 0 Å². The van der Waals surface area contributed by atoms with Crippen LogP contribution in [0, 0.1) is 0 Å². The molecule has 0 amide bonds. The van der Waals surface area contributed by atoms with E-state index in [0.717, 1.165) is 19.3 Å². The second kappa shape index (κ2) is 3.16. The summed E-state index contributed by atoms with van der Waals surface area (Å²) in [7, 11) is -3.24. The smallest absolute Gasteiger partial charge is 0.279 e. The predicted molar refractivity (Wildman–Crippen MR) is 53.9 cm³/mol. The second-order valence-corrected chi connectivity index (χ2v) is 6.08. The monoisotopic (exact) mass is 219 g/mol. The maximum Gasteiger partial charge on any atom is 0.279 e. The van der Waals surface area contributed by atoms with Crippen molar-refractivity contribution in [3.05, 3.63) is 0 Å². The van der Waals surface area contributed by atoms with E-state index in [4.69, 9.17) is 5.73 Å². The van der Waals surface area contributed by atoms with Crippen molar-refractivity contribution in [2.24, 2.45) is 5.73 Å². The molecular weight excluding hydrogens is 202 g/mol. The number of rotatable bonds is 4. The summed E-state index contributed by atoms with van der Waals surface area (Å²) in [5.41, 5.74) is 5.61. The summed E-state index contributed by atoms with van der Waals surface area (Å²) >= 11 is 0. The molecule has 3 N–H and O–H groups in total. The molecule has 1 saturated carbocycles. The van der Waals surface area contributed by atoms with Crippen molar-refractivity contribution >= 4 is 10.2 Å². The summed E-state index contributed by atoms with van der Waals surface area (Å²) in [6.45, 7) is 2.88. The molecular formula is C8H17N3O2S. The quantitative estimate of drug-likeness (QED) is 0.663. The van der Waals surface area contributed by atoms with Crippen LogP contribution in [0.2, 0.25) is 0 Å². The molecule has 2 aliphatic rings. The molecule has 0 unspecified atom stereocenters. The summed E-state index contributed by atoms with van der Waals surface area (Å²) in [6, 6.07) is 0.175.